The Morgan fingerprint density at radius 3 is 2.52 bits per heavy atom. The van der Waals surface area contributed by atoms with Gasteiger partial charge >= 0.3 is 11.7 Å². The van der Waals surface area contributed by atoms with E-state index in [4.69, 9.17) is 0 Å². The van der Waals surface area contributed by atoms with E-state index in [2.05, 4.69) is 4.74 Å². The summed E-state index contributed by atoms with van der Waals surface area (Å²) in [5.74, 6) is -1.95. The minimum absolute atomic E-state index is 0.00651. The molecule has 0 aliphatic heterocycles. The Morgan fingerprint density at radius 1 is 1.48 bits per heavy atom. The number of hydrogen-bond acceptors (Lipinski definition) is 6. The number of benzene rings is 1. The van der Waals surface area contributed by atoms with Crippen molar-refractivity contribution in [2.45, 2.75) is 18.7 Å². The average molecular weight is 320 g/mol. The van der Waals surface area contributed by atoms with Gasteiger partial charge in [-0.25, -0.2) is 8.42 Å². The first-order chi connectivity index (χ1) is 9.61. The van der Waals surface area contributed by atoms with Crippen LogP contribution in [0.25, 0.3) is 0 Å². The number of methoxy groups -OCH3 is 1. The molecule has 0 saturated heterocycles. The zero-order chi connectivity index (χ0) is 16.4. The maximum Gasteiger partial charge on any atom is 0.320 e. The third-order valence-corrected chi connectivity index (χ3v) is 4.40. The summed E-state index contributed by atoms with van der Waals surface area (Å²) in [7, 11) is -3.14. The van der Waals surface area contributed by atoms with Crippen LogP contribution in [0.15, 0.2) is 11.0 Å². The predicted octanol–water partition coefficient (Wildman–Crippen LogP) is 0.802. The molecule has 8 nitrogen and oxygen atoms in total. The molecule has 0 spiro atoms. The zero-order valence-corrected chi connectivity index (χ0v) is 12.3. The molecular weight excluding hydrogens is 307 g/mol. The van der Waals surface area contributed by atoms with Crippen LogP contribution >= 0.6 is 0 Å². The number of hydrogen-bond donors (Lipinski definition) is 1. The van der Waals surface area contributed by atoms with Gasteiger partial charge in [-0.1, -0.05) is 0 Å². The van der Waals surface area contributed by atoms with E-state index in [0.717, 1.165) is 20.1 Å². The summed E-state index contributed by atoms with van der Waals surface area (Å²) in [5, 5.41) is 10.8. The predicted molar refractivity (Wildman–Crippen MR) is 69.7 cm³/mol. The van der Waals surface area contributed by atoms with Gasteiger partial charge in [0.1, 0.15) is 6.54 Å². The summed E-state index contributed by atoms with van der Waals surface area (Å²) in [4.78, 5) is 20.4. The Bertz CT molecular complexity index is 701. The summed E-state index contributed by atoms with van der Waals surface area (Å²) in [6, 6.07) is 0.762. The quantitative estimate of drug-likeness (QED) is 0.487. The molecule has 0 bridgehead atoms. The molecule has 0 atom stereocenters. The second-order valence-corrected chi connectivity index (χ2v) is 5.84. The van der Waals surface area contributed by atoms with Crippen LogP contribution in [0.4, 0.5) is 10.1 Å². The monoisotopic (exact) mass is 320 g/mol. The van der Waals surface area contributed by atoms with Crippen molar-refractivity contribution in [2.24, 2.45) is 0 Å². The van der Waals surface area contributed by atoms with Gasteiger partial charge in [-0.3, -0.25) is 14.9 Å². The van der Waals surface area contributed by atoms with Crippen molar-refractivity contribution in [3.63, 3.8) is 0 Å². The Labute approximate surface area is 120 Å². The number of nitro groups is 1. The van der Waals surface area contributed by atoms with Crippen LogP contribution in [-0.2, 0) is 19.6 Å². The van der Waals surface area contributed by atoms with Crippen molar-refractivity contribution in [1.29, 1.82) is 0 Å². The molecule has 10 heteroatoms. The lowest BCUT2D eigenvalue weighted by Crippen LogP contribution is -2.31. The number of carbonyl (C=O) groups excluding carboxylic acids is 1. The maximum absolute atomic E-state index is 13.6. The highest BCUT2D eigenvalue weighted by Gasteiger charge is 2.29. The van der Waals surface area contributed by atoms with Gasteiger partial charge in [0.25, 0.3) is 0 Å². The number of carbonyl (C=O) groups is 1. The number of rotatable bonds is 5. The fourth-order valence-corrected chi connectivity index (χ4v) is 3.28. The van der Waals surface area contributed by atoms with Gasteiger partial charge in [-0.2, -0.15) is 9.11 Å². The average Bonchev–Trinajstić information content (AvgIpc) is 2.34. The van der Waals surface area contributed by atoms with Crippen LogP contribution in [0.3, 0.4) is 0 Å². The van der Waals surface area contributed by atoms with Gasteiger partial charge in [-0.15, -0.1) is 0 Å². The molecule has 0 aliphatic carbocycles. The molecular formula is C11H13FN2O6S. The summed E-state index contributed by atoms with van der Waals surface area (Å²) >= 11 is 0. The molecule has 1 aromatic carbocycles. The number of nitrogens with zero attached hydrogens (tertiary/aromatic N) is 1. The first-order valence-electron chi connectivity index (χ1n) is 5.62. The molecule has 1 rings (SSSR count). The van der Waals surface area contributed by atoms with Crippen LogP contribution in [0, 0.1) is 29.8 Å². The van der Waals surface area contributed by atoms with Crippen LogP contribution in [-0.4, -0.2) is 33.0 Å². The van der Waals surface area contributed by atoms with Crippen molar-refractivity contribution < 1.29 is 27.3 Å². The summed E-state index contributed by atoms with van der Waals surface area (Å²) in [6.07, 6.45) is 0. The lowest BCUT2D eigenvalue weighted by Gasteiger charge is -2.12. The highest BCUT2D eigenvalue weighted by Crippen LogP contribution is 2.30. The third kappa shape index (κ3) is 3.52. The van der Waals surface area contributed by atoms with Gasteiger partial charge in [-0.05, 0) is 25.5 Å². The summed E-state index contributed by atoms with van der Waals surface area (Å²) in [6.45, 7) is 1.79. The van der Waals surface area contributed by atoms with Crippen molar-refractivity contribution in [2.75, 3.05) is 13.7 Å². The first-order valence-corrected chi connectivity index (χ1v) is 7.10. The lowest BCUT2D eigenvalue weighted by molar-refractivity contribution is -0.388. The normalized spacial score (nSPS) is 11.2. The molecule has 21 heavy (non-hydrogen) atoms. The Morgan fingerprint density at radius 2 is 2.05 bits per heavy atom. The number of nitrogens with one attached hydrogen (secondary N) is 1. The number of sulfonamides is 1. The number of halogens is 1. The number of ether oxygens (including phenoxy) is 1. The van der Waals surface area contributed by atoms with Crippen molar-refractivity contribution in [1.82, 2.24) is 4.72 Å². The highest BCUT2D eigenvalue weighted by molar-refractivity contribution is 7.89. The van der Waals surface area contributed by atoms with E-state index >= 15 is 0 Å². The fourth-order valence-electron chi connectivity index (χ4n) is 1.84. The standard InChI is InChI=1S/C11H13FN2O6S/c1-6-4-8(12)10(14(16)17)7(2)11(6)21(18,19)13-5-9(15)20-3/h4,13H,5H2,1-3H3. The maximum atomic E-state index is 13.6. The van der Waals surface area contributed by atoms with E-state index in [1.54, 1.807) is 0 Å². The fraction of sp³-hybridized carbons (Fsp3) is 0.364. The van der Waals surface area contributed by atoms with E-state index in [9.17, 15) is 27.7 Å². The smallest absolute Gasteiger partial charge is 0.320 e. The van der Waals surface area contributed by atoms with Gasteiger partial charge < -0.3 is 4.74 Å². The molecule has 0 saturated carbocycles. The minimum Gasteiger partial charge on any atom is -0.468 e. The molecule has 0 radical (unpaired) electrons. The second kappa shape index (κ2) is 6.14. The molecule has 116 valence electrons. The SMILES string of the molecule is COC(=O)CNS(=O)(=O)c1c(C)cc(F)c([N+](=O)[O-])c1C. The Kier molecular flexibility index (Phi) is 4.97. The van der Waals surface area contributed by atoms with Gasteiger partial charge in [0, 0.05) is 0 Å². The third-order valence-electron chi connectivity index (χ3n) is 2.71. The molecule has 0 heterocycles. The van der Waals surface area contributed by atoms with Crippen molar-refractivity contribution >= 4 is 21.7 Å². The molecule has 0 unspecified atom stereocenters. The van der Waals surface area contributed by atoms with Crippen molar-refractivity contribution in [3.05, 3.63) is 33.1 Å². The molecule has 1 N–H and O–H groups in total. The van der Waals surface area contributed by atoms with Crippen molar-refractivity contribution in [3.8, 4) is 0 Å². The first kappa shape index (κ1) is 17.0. The number of esters is 1. The Hall–Kier alpha value is -2.07. The van der Waals surface area contributed by atoms with Crippen LogP contribution in [0.2, 0.25) is 0 Å². The van der Waals surface area contributed by atoms with E-state index in [1.165, 1.54) is 6.92 Å². The summed E-state index contributed by atoms with van der Waals surface area (Å²) in [5.41, 5.74) is -1.26. The lowest BCUT2D eigenvalue weighted by atomic mass is 10.1. The molecule has 0 aliphatic rings. The molecule has 0 amide bonds. The van der Waals surface area contributed by atoms with Crippen LogP contribution < -0.4 is 4.72 Å². The highest BCUT2D eigenvalue weighted by atomic mass is 32.2. The second-order valence-electron chi connectivity index (χ2n) is 4.14. The minimum atomic E-state index is -4.22. The topological polar surface area (TPSA) is 116 Å². The largest absolute Gasteiger partial charge is 0.468 e. The van der Waals surface area contributed by atoms with E-state index in [-0.39, 0.29) is 11.1 Å². The van der Waals surface area contributed by atoms with Gasteiger partial charge in [0.2, 0.25) is 15.8 Å². The van der Waals surface area contributed by atoms with E-state index in [1.807, 2.05) is 4.72 Å². The number of nitro benzene ring substituents is 1. The van der Waals surface area contributed by atoms with Gasteiger partial charge in [0.15, 0.2) is 0 Å². The number of aryl methyl sites for hydroxylation is 1. The van der Waals surface area contributed by atoms with E-state index in [0.29, 0.717) is 0 Å². The zero-order valence-electron chi connectivity index (χ0n) is 11.5. The summed E-state index contributed by atoms with van der Waals surface area (Å²) < 4.78 is 44.0. The molecule has 0 fully saturated rings. The van der Waals surface area contributed by atoms with Gasteiger partial charge in [0.05, 0.1) is 22.5 Å². The Balaban J connectivity index is 3.39. The van der Waals surface area contributed by atoms with Crippen LogP contribution in [0.1, 0.15) is 11.1 Å². The van der Waals surface area contributed by atoms with E-state index < -0.39 is 43.9 Å². The van der Waals surface area contributed by atoms with Crippen LogP contribution in [0.5, 0.6) is 0 Å². The molecule has 0 aromatic heterocycles. The molecule has 1 aromatic rings.